The van der Waals surface area contributed by atoms with Gasteiger partial charge in [-0.15, -0.1) is 5.10 Å². The molecule has 0 saturated heterocycles. The van der Waals surface area contributed by atoms with Gasteiger partial charge in [0, 0.05) is 23.6 Å². The minimum Gasteiger partial charge on any atom is -0.296 e. The van der Waals surface area contributed by atoms with Crippen molar-refractivity contribution < 1.29 is 4.52 Å². The van der Waals surface area contributed by atoms with Crippen LogP contribution >= 0.6 is 15.9 Å². The van der Waals surface area contributed by atoms with E-state index in [1.54, 1.807) is 4.57 Å². The molecule has 5 aromatic rings. The van der Waals surface area contributed by atoms with E-state index in [4.69, 9.17) is 9.62 Å². The van der Waals surface area contributed by atoms with Crippen LogP contribution < -0.4 is 11.3 Å². The normalized spacial score (nSPS) is 12.3. The summed E-state index contributed by atoms with van der Waals surface area (Å²) in [6.07, 6.45) is 2.92. The van der Waals surface area contributed by atoms with Crippen LogP contribution in [-0.4, -0.2) is 29.3 Å². The van der Waals surface area contributed by atoms with Crippen molar-refractivity contribution in [1.82, 2.24) is 29.3 Å². The van der Waals surface area contributed by atoms with E-state index >= 15 is 0 Å². The maximum Gasteiger partial charge on any atom is 0.439 e. The first-order chi connectivity index (χ1) is 18.4. The van der Waals surface area contributed by atoms with Gasteiger partial charge in [0.1, 0.15) is 0 Å². The number of hydrogen-bond acceptors (Lipinski definition) is 6. The van der Waals surface area contributed by atoms with Crippen molar-refractivity contribution in [2.75, 3.05) is 0 Å². The summed E-state index contributed by atoms with van der Waals surface area (Å²) in [4.78, 5) is 32.7. The van der Waals surface area contributed by atoms with Crippen LogP contribution in [0.5, 0.6) is 0 Å². The number of halogens is 1. The topological polar surface area (TPSA) is 111 Å². The van der Waals surface area contributed by atoms with Gasteiger partial charge in [0.25, 0.3) is 5.56 Å². The summed E-state index contributed by atoms with van der Waals surface area (Å²) in [5, 5.41) is 9.10. The third-order valence-corrected chi connectivity index (χ3v) is 7.34. The molecule has 38 heavy (non-hydrogen) atoms. The number of benzene rings is 2. The minimum atomic E-state index is -0.594. The van der Waals surface area contributed by atoms with Crippen molar-refractivity contribution in [3.05, 3.63) is 92.1 Å². The number of nitrogens with zero attached hydrogens (tertiary/aromatic N) is 5. The summed E-state index contributed by atoms with van der Waals surface area (Å²) in [5.74, 6) is 1.05. The van der Waals surface area contributed by atoms with Crippen molar-refractivity contribution in [2.24, 2.45) is 0 Å². The largest absolute Gasteiger partial charge is 0.439 e. The highest BCUT2D eigenvalue weighted by Crippen LogP contribution is 2.30. The van der Waals surface area contributed by atoms with E-state index in [1.807, 2.05) is 60.0 Å². The molecular formula is C28H29BrN6O3. The summed E-state index contributed by atoms with van der Waals surface area (Å²) in [5.41, 5.74) is 5.33. The molecule has 3 heterocycles. The van der Waals surface area contributed by atoms with Gasteiger partial charge in [-0.3, -0.25) is 18.9 Å². The zero-order chi connectivity index (χ0) is 26.8. The fourth-order valence-electron chi connectivity index (χ4n) is 4.77. The third-order valence-electron chi connectivity index (χ3n) is 6.84. The van der Waals surface area contributed by atoms with Gasteiger partial charge in [-0.25, -0.2) is 9.31 Å². The van der Waals surface area contributed by atoms with Crippen molar-refractivity contribution in [2.45, 2.75) is 57.8 Å². The van der Waals surface area contributed by atoms with Gasteiger partial charge in [0.05, 0.1) is 11.0 Å². The summed E-state index contributed by atoms with van der Waals surface area (Å²) in [7, 11) is 0. The Labute approximate surface area is 227 Å². The van der Waals surface area contributed by atoms with Crippen molar-refractivity contribution in [3.63, 3.8) is 0 Å². The van der Waals surface area contributed by atoms with Crippen molar-refractivity contribution >= 4 is 21.7 Å². The van der Waals surface area contributed by atoms with Gasteiger partial charge in [0.2, 0.25) is 5.78 Å². The van der Waals surface area contributed by atoms with Crippen molar-refractivity contribution in [1.29, 1.82) is 0 Å². The number of fused-ring (bicyclic) bond motifs is 1. The van der Waals surface area contributed by atoms with Crippen LogP contribution in [0.4, 0.5) is 0 Å². The molecule has 0 saturated carbocycles. The molecule has 0 aliphatic heterocycles. The molecule has 0 fully saturated rings. The number of nitrogens with one attached hydrogen (secondary N) is 1. The molecule has 9 nitrogen and oxygen atoms in total. The first kappa shape index (κ1) is 25.8. The molecule has 2 aromatic carbocycles. The maximum absolute atomic E-state index is 13.9. The van der Waals surface area contributed by atoms with Gasteiger partial charge in [-0.1, -0.05) is 89.9 Å². The highest BCUT2D eigenvalue weighted by atomic mass is 79.9. The Morgan fingerprint density at radius 1 is 1.05 bits per heavy atom. The Kier molecular flexibility index (Phi) is 7.42. The number of rotatable bonds is 9. The van der Waals surface area contributed by atoms with Gasteiger partial charge in [0.15, 0.2) is 11.6 Å². The minimum absolute atomic E-state index is 0.00588. The zero-order valence-corrected chi connectivity index (χ0v) is 23.2. The maximum atomic E-state index is 13.9. The molecule has 3 aromatic heterocycles. The number of aryl methyl sites for hydroxylation is 1. The van der Waals surface area contributed by atoms with Crippen LogP contribution in [0.2, 0.25) is 0 Å². The summed E-state index contributed by atoms with van der Waals surface area (Å²) < 4.78 is 8.36. The SMILES string of the molecule is CCCc1c(Cc2ccc(-c3ccccc3-c3noc(=O)[nH]3)cc2)c(=O)n(C(C)CC)c2nc(CBr)nn12. The van der Waals surface area contributed by atoms with Crippen LogP contribution in [0.3, 0.4) is 0 Å². The van der Waals surface area contributed by atoms with Gasteiger partial charge >= 0.3 is 5.76 Å². The molecule has 10 heteroatoms. The van der Waals surface area contributed by atoms with Crippen LogP contribution in [0, 0.1) is 0 Å². The molecule has 0 aliphatic rings. The number of hydrogen-bond donors (Lipinski definition) is 1. The lowest BCUT2D eigenvalue weighted by atomic mass is 9.96. The van der Waals surface area contributed by atoms with E-state index in [0.717, 1.165) is 52.8 Å². The van der Waals surface area contributed by atoms with E-state index in [0.29, 0.717) is 29.2 Å². The van der Waals surface area contributed by atoms with Crippen LogP contribution in [0.1, 0.15) is 62.3 Å². The molecule has 0 amide bonds. The Balaban J connectivity index is 1.57. The first-order valence-electron chi connectivity index (χ1n) is 12.8. The molecule has 0 radical (unpaired) electrons. The third kappa shape index (κ3) is 4.76. The molecule has 1 unspecified atom stereocenters. The molecule has 5 rings (SSSR count). The predicted molar refractivity (Wildman–Crippen MR) is 150 cm³/mol. The second-order valence-electron chi connectivity index (χ2n) is 9.34. The fourth-order valence-corrected chi connectivity index (χ4v) is 5.01. The predicted octanol–water partition coefficient (Wildman–Crippen LogP) is 5.31. The Hall–Kier alpha value is -3.79. The second kappa shape index (κ2) is 10.9. The van der Waals surface area contributed by atoms with Crippen molar-refractivity contribution in [3.8, 4) is 22.5 Å². The molecule has 1 atom stereocenters. The lowest BCUT2D eigenvalue weighted by molar-refractivity contribution is 0.388. The Morgan fingerprint density at radius 2 is 1.79 bits per heavy atom. The zero-order valence-electron chi connectivity index (χ0n) is 21.6. The van der Waals surface area contributed by atoms with Crippen LogP contribution in [0.25, 0.3) is 28.3 Å². The lowest BCUT2D eigenvalue weighted by Crippen LogP contribution is -2.31. The average Bonchev–Trinajstić information content (AvgIpc) is 3.57. The number of alkyl halides is 1. The fraction of sp³-hybridized carbons (Fsp3) is 0.321. The highest BCUT2D eigenvalue weighted by molar-refractivity contribution is 9.08. The average molecular weight is 577 g/mol. The van der Waals surface area contributed by atoms with E-state index in [9.17, 15) is 9.59 Å². The summed E-state index contributed by atoms with van der Waals surface area (Å²) in [6.45, 7) is 6.22. The van der Waals surface area contributed by atoms with Gasteiger partial charge in [-0.05, 0) is 36.5 Å². The molecule has 196 valence electrons. The second-order valence-corrected chi connectivity index (χ2v) is 9.90. The smallest absolute Gasteiger partial charge is 0.296 e. The monoisotopic (exact) mass is 576 g/mol. The standard InChI is InChI=1S/C28H29BrN6O3/c1-4-8-23-22(26(36)34(17(3)5-2)27-30-24(16-29)32-35(23)27)15-18-11-13-19(14-12-18)20-9-6-7-10-21(20)25-31-28(37)38-33-25/h6-7,9-14,17H,4-5,8,15-16H2,1-3H3,(H,31,33,37). The van der Waals surface area contributed by atoms with Gasteiger partial charge in [-0.2, -0.15) is 4.98 Å². The van der Waals surface area contributed by atoms with E-state index in [2.05, 4.69) is 44.9 Å². The lowest BCUT2D eigenvalue weighted by Gasteiger charge is -2.19. The van der Waals surface area contributed by atoms with E-state index in [-0.39, 0.29) is 11.6 Å². The number of aromatic amines is 1. The number of H-pyrrole nitrogens is 1. The molecule has 0 spiro atoms. The van der Waals surface area contributed by atoms with Gasteiger partial charge < -0.3 is 0 Å². The van der Waals surface area contributed by atoms with Crippen LogP contribution in [-0.2, 0) is 18.2 Å². The quantitative estimate of drug-likeness (QED) is 0.238. The summed E-state index contributed by atoms with van der Waals surface area (Å²) >= 11 is 3.46. The number of aromatic nitrogens is 6. The molecule has 1 N–H and O–H groups in total. The Bertz CT molecular complexity index is 1700. The Morgan fingerprint density at radius 3 is 2.42 bits per heavy atom. The van der Waals surface area contributed by atoms with E-state index < -0.39 is 5.76 Å². The molecule has 0 aliphatic carbocycles. The molecular weight excluding hydrogens is 548 g/mol. The van der Waals surface area contributed by atoms with Crippen LogP contribution in [0.15, 0.2) is 62.6 Å². The highest BCUT2D eigenvalue weighted by Gasteiger charge is 2.22. The van der Waals surface area contributed by atoms with E-state index in [1.165, 1.54) is 0 Å². The summed E-state index contributed by atoms with van der Waals surface area (Å²) in [6, 6.07) is 15.8. The molecule has 0 bridgehead atoms. The first-order valence-corrected chi connectivity index (χ1v) is 13.9.